The predicted octanol–water partition coefficient (Wildman–Crippen LogP) is 6.10. The standard InChI is InChI=1S/C17H26ClN3O.C6H13NO.C3H7NO.C3H8.C2H6/c1-5-10-16(12-9-14-21(3)4)20-17(22)19-15(2)11-7-6-8-13-18;1-2-7-3-5-8-6-4-7;1-3(5)4-2;1-3-2;1-2/h5-7,9-12H,1,8,13-14H2,2-4H3,(H2,19,20,22);2-6H2,1H3;1-2H3,(H,4,5);3H2,1-2H3;1-2H3/b7-6?,12-9-,15-11+,16-10+;;;;. The van der Waals surface area contributed by atoms with E-state index < -0.39 is 0 Å². The first-order chi connectivity index (χ1) is 19.1. The number of urea groups is 1. The zero-order valence-electron chi connectivity index (χ0n) is 27.1. The number of alkyl halides is 1. The lowest BCUT2D eigenvalue weighted by molar-refractivity contribution is -0.118. The van der Waals surface area contributed by atoms with Gasteiger partial charge in [-0.05, 0) is 52.2 Å². The summed E-state index contributed by atoms with van der Waals surface area (Å²) in [7, 11) is 5.56. The van der Waals surface area contributed by atoms with Crippen LogP contribution < -0.4 is 16.0 Å². The van der Waals surface area contributed by atoms with Crippen LogP contribution in [-0.4, -0.2) is 88.2 Å². The quantitative estimate of drug-likeness (QED) is 0.213. The largest absolute Gasteiger partial charge is 0.379 e. The summed E-state index contributed by atoms with van der Waals surface area (Å²) in [6.45, 7) is 23.4. The van der Waals surface area contributed by atoms with E-state index in [0.717, 1.165) is 45.0 Å². The summed E-state index contributed by atoms with van der Waals surface area (Å²) < 4.78 is 5.16. The first-order valence-corrected chi connectivity index (χ1v) is 14.7. The molecule has 0 radical (unpaired) electrons. The van der Waals surface area contributed by atoms with Crippen molar-refractivity contribution in [1.29, 1.82) is 0 Å². The maximum absolute atomic E-state index is 11.9. The molecule has 3 amide bonds. The molecule has 1 fully saturated rings. The number of carbonyl (C=O) groups excluding carboxylic acids is 2. The second-order valence-corrected chi connectivity index (χ2v) is 8.79. The highest BCUT2D eigenvalue weighted by Crippen LogP contribution is 1.96. The molecule has 1 saturated heterocycles. The number of allylic oxidation sites excluding steroid dienone is 7. The fraction of sp³-hybridized carbons (Fsp3) is 0.613. The number of ether oxygens (including phenoxy) is 1. The van der Waals surface area contributed by atoms with E-state index in [0.29, 0.717) is 11.6 Å². The lowest BCUT2D eigenvalue weighted by Gasteiger charge is -2.24. The van der Waals surface area contributed by atoms with Crippen LogP contribution in [-0.2, 0) is 9.53 Å². The number of rotatable bonds is 10. The normalized spacial score (nSPS) is 13.4. The Bertz CT molecular complexity index is 714. The lowest BCUT2D eigenvalue weighted by atomic mass is 10.3. The van der Waals surface area contributed by atoms with Crippen LogP contribution in [0.15, 0.2) is 60.5 Å². The van der Waals surface area contributed by atoms with E-state index in [1.54, 1.807) is 19.2 Å². The van der Waals surface area contributed by atoms with Crippen molar-refractivity contribution in [2.45, 2.75) is 61.3 Å². The number of hydrogen-bond donors (Lipinski definition) is 3. The zero-order valence-corrected chi connectivity index (χ0v) is 27.9. The Hall–Kier alpha value is -2.39. The molecule has 0 saturated carbocycles. The fourth-order valence-corrected chi connectivity index (χ4v) is 2.45. The molecular formula is C31H60ClN5O3. The second kappa shape index (κ2) is 36.6. The molecule has 1 rings (SSSR count). The number of halogens is 1. The Labute approximate surface area is 251 Å². The summed E-state index contributed by atoms with van der Waals surface area (Å²) in [4.78, 5) is 26.0. The van der Waals surface area contributed by atoms with Gasteiger partial charge in [0.05, 0.1) is 13.2 Å². The van der Waals surface area contributed by atoms with E-state index in [4.69, 9.17) is 16.3 Å². The summed E-state index contributed by atoms with van der Waals surface area (Å²) in [5, 5.41) is 7.91. The number of morpholine rings is 1. The number of carbonyl (C=O) groups is 2. The van der Waals surface area contributed by atoms with Gasteiger partial charge in [0.1, 0.15) is 0 Å². The molecule has 234 valence electrons. The average molecular weight is 586 g/mol. The number of hydrogen-bond acceptors (Lipinski definition) is 5. The van der Waals surface area contributed by atoms with E-state index in [9.17, 15) is 9.59 Å². The maximum Gasteiger partial charge on any atom is 0.323 e. The Balaban J connectivity index is -0.000000290. The third-order valence-corrected chi connectivity index (χ3v) is 4.51. The van der Waals surface area contributed by atoms with Crippen molar-refractivity contribution in [2.75, 3.05) is 66.4 Å². The minimum Gasteiger partial charge on any atom is -0.379 e. The molecule has 0 aliphatic carbocycles. The third kappa shape index (κ3) is 40.1. The molecule has 8 nitrogen and oxygen atoms in total. The molecule has 3 N–H and O–H groups in total. The summed E-state index contributed by atoms with van der Waals surface area (Å²) in [5.41, 5.74) is 1.43. The SMILES string of the molecule is C=C/C=C(\C=C/CN(C)C)NC(=O)N/C(C)=C/C=CCCCl.CC.CCC.CCN1CCOCC1.CNC(C)=O. The Kier molecular flexibility index (Phi) is 40.8. The van der Waals surface area contributed by atoms with Crippen LogP contribution in [0.25, 0.3) is 0 Å². The van der Waals surface area contributed by atoms with E-state index in [1.165, 1.54) is 19.9 Å². The molecule has 0 aromatic rings. The Morgan fingerprint density at radius 1 is 1.02 bits per heavy atom. The van der Waals surface area contributed by atoms with Crippen molar-refractivity contribution in [2.24, 2.45) is 0 Å². The molecule has 0 bridgehead atoms. The molecule has 1 aliphatic rings. The van der Waals surface area contributed by atoms with Gasteiger partial charge in [-0.1, -0.05) is 71.9 Å². The van der Waals surface area contributed by atoms with Crippen LogP contribution in [0, 0.1) is 0 Å². The van der Waals surface area contributed by atoms with Crippen LogP contribution >= 0.6 is 11.6 Å². The minimum atomic E-state index is -0.290. The number of nitrogens with zero attached hydrogens (tertiary/aromatic N) is 2. The second-order valence-electron chi connectivity index (χ2n) is 8.42. The highest BCUT2D eigenvalue weighted by molar-refractivity contribution is 6.17. The smallest absolute Gasteiger partial charge is 0.323 e. The minimum absolute atomic E-state index is 0.00463. The summed E-state index contributed by atoms with van der Waals surface area (Å²) in [5.74, 6) is 0.594. The highest BCUT2D eigenvalue weighted by atomic mass is 35.5. The van der Waals surface area contributed by atoms with Gasteiger partial charge in [0.2, 0.25) is 5.91 Å². The fourth-order valence-electron chi connectivity index (χ4n) is 2.33. The first-order valence-electron chi connectivity index (χ1n) is 14.2. The van der Waals surface area contributed by atoms with Crippen molar-refractivity contribution in [3.05, 3.63) is 60.5 Å². The maximum atomic E-state index is 11.9. The Morgan fingerprint density at radius 2 is 1.57 bits per heavy atom. The van der Waals surface area contributed by atoms with Crippen molar-refractivity contribution < 1.29 is 14.3 Å². The predicted molar refractivity (Wildman–Crippen MR) is 176 cm³/mol. The van der Waals surface area contributed by atoms with Gasteiger partial charge < -0.3 is 25.6 Å². The molecule has 0 spiro atoms. The van der Waals surface area contributed by atoms with E-state index >= 15 is 0 Å². The van der Waals surface area contributed by atoms with E-state index in [-0.39, 0.29) is 11.9 Å². The van der Waals surface area contributed by atoms with Gasteiger partial charge in [0.15, 0.2) is 0 Å². The molecule has 1 heterocycles. The first kappa shape index (κ1) is 44.6. The highest BCUT2D eigenvalue weighted by Gasteiger charge is 2.05. The molecule has 0 atom stereocenters. The monoisotopic (exact) mass is 585 g/mol. The lowest BCUT2D eigenvalue weighted by Crippen LogP contribution is -2.35. The molecule has 0 aromatic carbocycles. The number of likely N-dealkylation sites (N-methyl/N-ethyl adjacent to an activating group) is 2. The third-order valence-electron chi connectivity index (χ3n) is 4.30. The van der Waals surface area contributed by atoms with Gasteiger partial charge in [0, 0.05) is 50.9 Å². The summed E-state index contributed by atoms with van der Waals surface area (Å²) in [6, 6.07) is -0.290. The van der Waals surface area contributed by atoms with Gasteiger partial charge >= 0.3 is 6.03 Å². The zero-order chi connectivity index (χ0) is 31.6. The molecule has 9 heteroatoms. The van der Waals surface area contributed by atoms with Gasteiger partial charge in [0.25, 0.3) is 0 Å². The topological polar surface area (TPSA) is 85.9 Å². The van der Waals surface area contributed by atoms with Crippen LogP contribution in [0.5, 0.6) is 0 Å². The molecule has 40 heavy (non-hydrogen) atoms. The van der Waals surface area contributed by atoms with E-state index in [1.807, 2.05) is 70.1 Å². The molecule has 0 unspecified atom stereocenters. The van der Waals surface area contributed by atoms with Gasteiger partial charge in [-0.2, -0.15) is 0 Å². The summed E-state index contributed by atoms with van der Waals surface area (Å²) in [6.07, 6.45) is 14.9. The van der Waals surface area contributed by atoms with Crippen molar-refractivity contribution in [1.82, 2.24) is 25.8 Å². The number of nitrogens with one attached hydrogen (secondary N) is 3. The van der Waals surface area contributed by atoms with Gasteiger partial charge in [-0.25, -0.2) is 4.79 Å². The Morgan fingerprint density at radius 3 is 1.98 bits per heavy atom. The van der Waals surface area contributed by atoms with Crippen molar-refractivity contribution in [3.63, 3.8) is 0 Å². The average Bonchev–Trinajstić information content (AvgIpc) is 2.93. The molecule has 1 aliphatic heterocycles. The molecule has 0 aromatic heterocycles. The van der Waals surface area contributed by atoms with Crippen LogP contribution in [0.4, 0.5) is 4.79 Å². The van der Waals surface area contributed by atoms with Crippen LogP contribution in [0.3, 0.4) is 0 Å². The number of amides is 3. The molecular weight excluding hydrogens is 526 g/mol. The van der Waals surface area contributed by atoms with E-state index in [2.05, 4.69) is 48.2 Å². The van der Waals surface area contributed by atoms with Gasteiger partial charge in [-0.15, -0.1) is 11.6 Å². The summed E-state index contributed by atoms with van der Waals surface area (Å²) >= 11 is 5.57. The van der Waals surface area contributed by atoms with Crippen LogP contribution in [0.1, 0.15) is 61.3 Å². The van der Waals surface area contributed by atoms with Crippen LogP contribution in [0.2, 0.25) is 0 Å². The van der Waals surface area contributed by atoms with Crippen molar-refractivity contribution >= 4 is 23.5 Å². The van der Waals surface area contributed by atoms with Crippen molar-refractivity contribution in [3.8, 4) is 0 Å². The van der Waals surface area contributed by atoms with Gasteiger partial charge in [-0.3, -0.25) is 9.69 Å².